The maximum atomic E-state index is 6.21. The molecule has 0 saturated carbocycles. The molecule has 0 aliphatic heterocycles. The van der Waals surface area contributed by atoms with Crippen LogP contribution in [0.5, 0.6) is 11.5 Å². The molecule has 4 heteroatoms. The number of methoxy groups -OCH3 is 2. The molecule has 1 unspecified atom stereocenters. The summed E-state index contributed by atoms with van der Waals surface area (Å²) < 4.78 is 17.1. The van der Waals surface area contributed by atoms with Crippen molar-refractivity contribution in [3.05, 3.63) is 53.8 Å². The summed E-state index contributed by atoms with van der Waals surface area (Å²) in [5.41, 5.74) is 7.84. The molecule has 24 heavy (non-hydrogen) atoms. The molecule has 1 aliphatic rings. The van der Waals surface area contributed by atoms with Gasteiger partial charge in [0.2, 0.25) is 0 Å². The van der Waals surface area contributed by atoms with E-state index in [1.165, 1.54) is 0 Å². The molecule has 0 heterocycles. The van der Waals surface area contributed by atoms with Gasteiger partial charge in [-0.2, -0.15) is 0 Å². The Labute approximate surface area is 144 Å². The summed E-state index contributed by atoms with van der Waals surface area (Å²) in [5.74, 6) is 2.35. The van der Waals surface area contributed by atoms with Gasteiger partial charge >= 0.3 is 0 Å². The minimum Gasteiger partial charge on any atom is -0.497 e. The van der Waals surface area contributed by atoms with Crippen molar-refractivity contribution in [3.63, 3.8) is 0 Å². The molecular weight excluding hydrogens is 302 g/mol. The zero-order valence-corrected chi connectivity index (χ0v) is 14.7. The van der Waals surface area contributed by atoms with Crippen LogP contribution in [0.1, 0.15) is 31.7 Å². The van der Waals surface area contributed by atoms with Gasteiger partial charge in [-0.1, -0.05) is 31.6 Å². The number of hydrogen-bond donors (Lipinski definition) is 1. The summed E-state index contributed by atoms with van der Waals surface area (Å²) in [6, 6.07) is 5.81. The molecule has 1 atom stereocenters. The van der Waals surface area contributed by atoms with Crippen molar-refractivity contribution >= 4 is 5.57 Å². The van der Waals surface area contributed by atoms with Gasteiger partial charge in [-0.15, -0.1) is 0 Å². The van der Waals surface area contributed by atoms with Gasteiger partial charge in [0, 0.05) is 23.7 Å². The van der Waals surface area contributed by atoms with Crippen LogP contribution in [0.4, 0.5) is 0 Å². The molecular formula is C20H27NO3. The maximum absolute atomic E-state index is 6.21. The lowest BCUT2D eigenvalue weighted by molar-refractivity contribution is 0.124. The van der Waals surface area contributed by atoms with E-state index in [1.807, 2.05) is 24.3 Å². The van der Waals surface area contributed by atoms with Gasteiger partial charge < -0.3 is 19.9 Å². The molecule has 130 valence electrons. The van der Waals surface area contributed by atoms with Crippen LogP contribution in [0.15, 0.2) is 48.3 Å². The minimum atomic E-state index is 0.0143. The summed E-state index contributed by atoms with van der Waals surface area (Å²) in [7, 11) is 3.31. The summed E-state index contributed by atoms with van der Waals surface area (Å²) in [6.45, 7) is 2.64. The van der Waals surface area contributed by atoms with Crippen LogP contribution >= 0.6 is 0 Å². The van der Waals surface area contributed by atoms with E-state index in [0.717, 1.165) is 47.7 Å². The molecule has 2 rings (SSSR count). The van der Waals surface area contributed by atoms with Crippen LogP contribution in [0, 0.1) is 0 Å². The lowest BCUT2D eigenvalue weighted by Crippen LogP contribution is -2.23. The van der Waals surface area contributed by atoms with Crippen molar-refractivity contribution in [3.8, 4) is 11.5 Å². The molecule has 2 N–H and O–H groups in total. The lowest BCUT2D eigenvalue weighted by Gasteiger charge is -2.20. The van der Waals surface area contributed by atoms with Gasteiger partial charge in [0.1, 0.15) is 23.4 Å². The predicted molar refractivity (Wildman–Crippen MR) is 98.2 cm³/mol. The first-order chi connectivity index (χ1) is 11.7. The van der Waals surface area contributed by atoms with Crippen molar-refractivity contribution in [2.24, 2.45) is 5.73 Å². The molecule has 0 fully saturated rings. The highest BCUT2D eigenvalue weighted by atomic mass is 16.5. The molecule has 0 amide bonds. The maximum Gasteiger partial charge on any atom is 0.130 e. The predicted octanol–water partition coefficient (Wildman–Crippen LogP) is 4.08. The topological polar surface area (TPSA) is 53.7 Å². The van der Waals surface area contributed by atoms with Crippen LogP contribution < -0.4 is 15.2 Å². The Kier molecular flexibility index (Phi) is 6.94. The summed E-state index contributed by atoms with van der Waals surface area (Å²) >= 11 is 0. The van der Waals surface area contributed by atoms with E-state index < -0.39 is 0 Å². The number of hydrogen-bond acceptors (Lipinski definition) is 4. The smallest absolute Gasteiger partial charge is 0.130 e. The van der Waals surface area contributed by atoms with Crippen LogP contribution in [0.2, 0.25) is 0 Å². The fourth-order valence-electron chi connectivity index (χ4n) is 2.68. The first-order valence-electron chi connectivity index (χ1n) is 8.39. The number of benzene rings is 1. The Morgan fingerprint density at radius 3 is 2.58 bits per heavy atom. The van der Waals surface area contributed by atoms with E-state index in [9.17, 15) is 0 Å². The van der Waals surface area contributed by atoms with Crippen molar-refractivity contribution < 1.29 is 14.2 Å². The van der Waals surface area contributed by atoms with Gasteiger partial charge in [0.25, 0.3) is 0 Å². The standard InChI is InChI=1S/C20H27NO3/c1-4-8-16(14-21)24-19-10-7-5-6-9-17(19)18-12-11-15(22-2)13-20(18)23-3/h6-7,9-13,16H,4-5,8,14,21H2,1-3H3. The van der Waals surface area contributed by atoms with E-state index in [4.69, 9.17) is 19.9 Å². The number of rotatable bonds is 8. The first kappa shape index (κ1) is 18.1. The monoisotopic (exact) mass is 329 g/mol. The number of ether oxygens (including phenoxy) is 3. The zero-order chi connectivity index (χ0) is 17.4. The van der Waals surface area contributed by atoms with E-state index in [2.05, 4.69) is 25.2 Å². The average Bonchev–Trinajstić information content (AvgIpc) is 2.86. The van der Waals surface area contributed by atoms with Gasteiger partial charge in [-0.25, -0.2) is 0 Å². The highest BCUT2D eigenvalue weighted by Crippen LogP contribution is 2.34. The molecule has 1 aromatic carbocycles. The normalized spacial score (nSPS) is 15.2. The third kappa shape index (κ3) is 4.42. The SMILES string of the molecule is CCCC(CN)OC1=C(c2ccc(OC)cc2OC)C=CCC=C1. The quantitative estimate of drug-likeness (QED) is 0.781. The largest absolute Gasteiger partial charge is 0.497 e. The van der Waals surface area contributed by atoms with Crippen LogP contribution in [0.3, 0.4) is 0 Å². The van der Waals surface area contributed by atoms with Crippen molar-refractivity contribution in [1.82, 2.24) is 0 Å². The Morgan fingerprint density at radius 2 is 1.92 bits per heavy atom. The molecule has 0 saturated heterocycles. The molecule has 0 spiro atoms. The van der Waals surface area contributed by atoms with Crippen LogP contribution in [0.25, 0.3) is 5.57 Å². The highest BCUT2D eigenvalue weighted by Gasteiger charge is 2.16. The second-order valence-corrected chi connectivity index (χ2v) is 5.65. The zero-order valence-electron chi connectivity index (χ0n) is 14.7. The molecule has 1 aromatic rings. The molecule has 0 bridgehead atoms. The molecule has 0 radical (unpaired) electrons. The van der Waals surface area contributed by atoms with Gasteiger partial charge in [0.05, 0.1) is 14.2 Å². The summed E-state index contributed by atoms with van der Waals surface area (Å²) in [6.07, 6.45) is 11.2. The van der Waals surface area contributed by atoms with Gasteiger partial charge in [0.15, 0.2) is 0 Å². The first-order valence-corrected chi connectivity index (χ1v) is 8.39. The Hall–Kier alpha value is -2.20. The Balaban J connectivity index is 2.46. The van der Waals surface area contributed by atoms with Crippen molar-refractivity contribution in [1.29, 1.82) is 0 Å². The van der Waals surface area contributed by atoms with Crippen molar-refractivity contribution in [2.75, 3.05) is 20.8 Å². The van der Waals surface area contributed by atoms with Crippen LogP contribution in [-0.2, 0) is 4.74 Å². The van der Waals surface area contributed by atoms with E-state index in [0.29, 0.717) is 6.54 Å². The lowest BCUT2D eigenvalue weighted by atomic mass is 10.0. The second-order valence-electron chi connectivity index (χ2n) is 5.65. The van der Waals surface area contributed by atoms with E-state index >= 15 is 0 Å². The highest BCUT2D eigenvalue weighted by molar-refractivity contribution is 5.81. The summed E-state index contributed by atoms with van der Waals surface area (Å²) in [5, 5.41) is 0. The van der Waals surface area contributed by atoms with Gasteiger partial charge in [-0.05, 0) is 31.1 Å². The minimum absolute atomic E-state index is 0.0143. The average molecular weight is 329 g/mol. The van der Waals surface area contributed by atoms with Crippen molar-refractivity contribution in [2.45, 2.75) is 32.3 Å². The molecule has 1 aliphatic carbocycles. The Bertz CT molecular complexity index is 632. The fourth-order valence-corrected chi connectivity index (χ4v) is 2.68. The van der Waals surface area contributed by atoms with Crippen LogP contribution in [-0.4, -0.2) is 26.9 Å². The third-order valence-corrected chi connectivity index (χ3v) is 3.96. The number of allylic oxidation sites excluding steroid dienone is 5. The van der Waals surface area contributed by atoms with E-state index in [1.54, 1.807) is 14.2 Å². The number of nitrogens with two attached hydrogens (primary N) is 1. The molecule has 0 aromatic heterocycles. The Morgan fingerprint density at radius 1 is 1.12 bits per heavy atom. The third-order valence-electron chi connectivity index (χ3n) is 3.96. The van der Waals surface area contributed by atoms with E-state index in [-0.39, 0.29) is 6.10 Å². The second kappa shape index (κ2) is 9.18. The fraction of sp³-hybridized carbons (Fsp3) is 0.400. The molecule has 4 nitrogen and oxygen atoms in total. The van der Waals surface area contributed by atoms with Gasteiger partial charge in [-0.3, -0.25) is 0 Å². The summed E-state index contributed by atoms with van der Waals surface area (Å²) in [4.78, 5) is 0.